The molecule has 1 heterocycles. The molecule has 0 spiro atoms. The maximum absolute atomic E-state index is 13.1. The van der Waals surface area contributed by atoms with Gasteiger partial charge in [0.25, 0.3) is 0 Å². The SMILES string of the molecule is CCN1CC(Cc2ccc(F)c(Cl)c2)CC1C(N)=O. The molecule has 1 aromatic rings. The van der Waals surface area contributed by atoms with Gasteiger partial charge < -0.3 is 5.73 Å². The summed E-state index contributed by atoms with van der Waals surface area (Å²) in [5.41, 5.74) is 6.41. The first-order chi connectivity index (χ1) is 9.01. The van der Waals surface area contributed by atoms with Crippen molar-refractivity contribution in [2.45, 2.75) is 25.8 Å². The summed E-state index contributed by atoms with van der Waals surface area (Å²) >= 11 is 5.77. The number of nitrogens with zero attached hydrogens (tertiary/aromatic N) is 1. The zero-order valence-corrected chi connectivity index (χ0v) is 11.7. The zero-order valence-electron chi connectivity index (χ0n) is 10.9. The Morgan fingerprint density at radius 1 is 1.58 bits per heavy atom. The third-order valence-corrected chi connectivity index (χ3v) is 4.02. The van der Waals surface area contributed by atoms with Gasteiger partial charge in [-0.3, -0.25) is 9.69 Å². The van der Waals surface area contributed by atoms with Gasteiger partial charge in [0.2, 0.25) is 5.91 Å². The number of likely N-dealkylation sites (N-methyl/N-ethyl adjacent to an activating group) is 1. The van der Waals surface area contributed by atoms with Crippen LogP contribution in [-0.2, 0) is 11.2 Å². The normalized spacial score (nSPS) is 23.7. The molecule has 0 saturated carbocycles. The van der Waals surface area contributed by atoms with Gasteiger partial charge in [-0.25, -0.2) is 4.39 Å². The maximum atomic E-state index is 13.1. The van der Waals surface area contributed by atoms with Crippen molar-refractivity contribution in [3.05, 3.63) is 34.6 Å². The first-order valence-electron chi connectivity index (χ1n) is 6.48. The predicted molar refractivity (Wildman–Crippen MR) is 73.5 cm³/mol. The molecule has 0 bridgehead atoms. The van der Waals surface area contributed by atoms with Crippen LogP contribution in [0.2, 0.25) is 5.02 Å². The van der Waals surface area contributed by atoms with Crippen molar-refractivity contribution in [2.75, 3.05) is 13.1 Å². The molecular weight excluding hydrogens is 267 g/mol. The predicted octanol–water partition coefficient (Wildman–Crippen LogP) is 2.22. The summed E-state index contributed by atoms with van der Waals surface area (Å²) in [6, 6.07) is 4.61. The minimum absolute atomic E-state index is 0.147. The lowest BCUT2D eigenvalue weighted by Crippen LogP contribution is -2.39. The molecule has 1 aliphatic heterocycles. The van der Waals surface area contributed by atoms with Crippen LogP contribution in [0.4, 0.5) is 4.39 Å². The minimum Gasteiger partial charge on any atom is -0.368 e. The second-order valence-corrected chi connectivity index (χ2v) is 5.47. The lowest BCUT2D eigenvalue weighted by Gasteiger charge is -2.18. The van der Waals surface area contributed by atoms with Gasteiger partial charge in [-0.1, -0.05) is 24.6 Å². The van der Waals surface area contributed by atoms with E-state index in [1.54, 1.807) is 12.1 Å². The molecule has 104 valence electrons. The Morgan fingerprint density at radius 3 is 2.84 bits per heavy atom. The molecule has 2 atom stereocenters. The van der Waals surface area contributed by atoms with E-state index in [9.17, 15) is 9.18 Å². The highest BCUT2D eigenvalue weighted by Crippen LogP contribution is 2.27. The number of benzene rings is 1. The fourth-order valence-electron chi connectivity index (χ4n) is 2.79. The fourth-order valence-corrected chi connectivity index (χ4v) is 2.99. The Bertz CT molecular complexity index is 481. The van der Waals surface area contributed by atoms with E-state index in [1.165, 1.54) is 6.07 Å². The first kappa shape index (κ1) is 14.3. The molecule has 1 fully saturated rings. The van der Waals surface area contributed by atoms with E-state index >= 15 is 0 Å². The van der Waals surface area contributed by atoms with Gasteiger partial charge in [0.15, 0.2) is 0 Å². The molecule has 5 heteroatoms. The Hall–Kier alpha value is -1.13. The minimum atomic E-state index is -0.401. The molecule has 1 aromatic carbocycles. The highest BCUT2D eigenvalue weighted by atomic mass is 35.5. The van der Waals surface area contributed by atoms with Crippen LogP contribution in [0.1, 0.15) is 18.9 Å². The number of rotatable bonds is 4. The third-order valence-electron chi connectivity index (χ3n) is 3.73. The van der Waals surface area contributed by atoms with Crippen molar-refractivity contribution >= 4 is 17.5 Å². The second-order valence-electron chi connectivity index (χ2n) is 5.06. The lowest BCUT2D eigenvalue weighted by atomic mass is 9.96. The Morgan fingerprint density at radius 2 is 2.32 bits per heavy atom. The van der Waals surface area contributed by atoms with Crippen LogP contribution in [0.3, 0.4) is 0 Å². The van der Waals surface area contributed by atoms with E-state index in [0.717, 1.165) is 31.5 Å². The highest BCUT2D eigenvalue weighted by molar-refractivity contribution is 6.30. The summed E-state index contributed by atoms with van der Waals surface area (Å²) in [6.07, 6.45) is 1.55. The van der Waals surface area contributed by atoms with Gasteiger partial charge in [-0.05, 0) is 43.0 Å². The number of hydrogen-bond acceptors (Lipinski definition) is 2. The molecule has 2 unspecified atom stereocenters. The third kappa shape index (κ3) is 3.25. The first-order valence-corrected chi connectivity index (χ1v) is 6.86. The van der Waals surface area contributed by atoms with Crippen molar-refractivity contribution < 1.29 is 9.18 Å². The molecule has 1 amide bonds. The van der Waals surface area contributed by atoms with Crippen molar-refractivity contribution in [3.8, 4) is 0 Å². The van der Waals surface area contributed by atoms with Crippen LogP contribution in [-0.4, -0.2) is 29.9 Å². The Balaban J connectivity index is 2.04. The number of primary amides is 1. The molecule has 0 radical (unpaired) electrons. The highest BCUT2D eigenvalue weighted by Gasteiger charge is 2.34. The van der Waals surface area contributed by atoms with Gasteiger partial charge in [0.05, 0.1) is 11.1 Å². The molecule has 0 aromatic heterocycles. The topological polar surface area (TPSA) is 46.3 Å². The van der Waals surface area contributed by atoms with Crippen molar-refractivity contribution in [2.24, 2.45) is 11.7 Å². The maximum Gasteiger partial charge on any atom is 0.234 e. The number of carbonyl (C=O) groups is 1. The largest absolute Gasteiger partial charge is 0.368 e. The Kier molecular flexibility index (Phi) is 4.42. The van der Waals surface area contributed by atoms with E-state index in [4.69, 9.17) is 17.3 Å². The monoisotopic (exact) mass is 284 g/mol. The van der Waals surface area contributed by atoms with Crippen LogP contribution >= 0.6 is 11.6 Å². The molecule has 1 aliphatic rings. The summed E-state index contributed by atoms with van der Waals surface area (Å²) in [5.74, 6) is -0.303. The summed E-state index contributed by atoms with van der Waals surface area (Å²) in [7, 11) is 0. The summed E-state index contributed by atoms with van der Waals surface area (Å²) in [5, 5.41) is 0.147. The standard InChI is InChI=1S/C14H18ClFN2O/c1-2-18-8-10(7-13(18)14(17)19)5-9-3-4-12(16)11(15)6-9/h3-4,6,10,13H,2,5,7-8H2,1H3,(H2,17,19). The van der Waals surface area contributed by atoms with Gasteiger partial charge in [0, 0.05) is 6.54 Å². The van der Waals surface area contributed by atoms with E-state index in [2.05, 4.69) is 4.90 Å². The van der Waals surface area contributed by atoms with Crippen LogP contribution in [0.25, 0.3) is 0 Å². The van der Waals surface area contributed by atoms with Crippen LogP contribution in [0.15, 0.2) is 18.2 Å². The van der Waals surface area contributed by atoms with E-state index < -0.39 is 5.82 Å². The molecule has 19 heavy (non-hydrogen) atoms. The van der Waals surface area contributed by atoms with E-state index in [1.807, 2.05) is 6.92 Å². The lowest BCUT2D eigenvalue weighted by molar-refractivity contribution is -0.122. The average molecular weight is 285 g/mol. The smallest absolute Gasteiger partial charge is 0.234 e. The number of likely N-dealkylation sites (tertiary alicyclic amines) is 1. The number of amides is 1. The molecular formula is C14H18ClFN2O. The van der Waals surface area contributed by atoms with Gasteiger partial charge in [-0.2, -0.15) is 0 Å². The van der Waals surface area contributed by atoms with Crippen LogP contribution in [0, 0.1) is 11.7 Å². The molecule has 0 aliphatic carbocycles. The number of hydrogen-bond donors (Lipinski definition) is 1. The van der Waals surface area contributed by atoms with E-state index in [-0.39, 0.29) is 17.0 Å². The van der Waals surface area contributed by atoms with Gasteiger partial charge >= 0.3 is 0 Å². The Labute approximate surface area is 117 Å². The molecule has 1 saturated heterocycles. The number of carbonyl (C=O) groups excluding carboxylic acids is 1. The van der Waals surface area contributed by atoms with E-state index in [0.29, 0.717) is 5.92 Å². The van der Waals surface area contributed by atoms with Crippen molar-refractivity contribution in [1.29, 1.82) is 0 Å². The molecule has 2 N–H and O–H groups in total. The molecule has 2 rings (SSSR count). The quantitative estimate of drug-likeness (QED) is 0.921. The van der Waals surface area contributed by atoms with Crippen LogP contribution in [0.5, 0.6) is 0 Å². The van der Waals surface area contributed by atoms with Crippen molar-refractivity contribution in [3.63, 3.8) is 0 Å². The molecule has 3 nitrogen and oxygen atoms in total. The average Bonchev–Trinajstić information content (AvgIpc) is 2.77. The fraction of sp³-hybridized carbons (Fsp3) is 0.500. The summed E-state index contributed by atoms with van der Waals surface area (Å²) in [4.78, 5) is 13.5. The number of halogens is 2. The second kappa shape index (κ2) is 5.88. The van der Waals surface area contributed by atoms with Gasteiger partial charge in [0.1, 0.15) is 5.82 Å². The van der Waals surface area contributed by atoms with Crippen LogP contribution < -0.4 is 5.73 Å². The zero-order chi connectivity index (χ0) is 14.0. The van der Waals surface area contributed by atoms with Crippen molar-refractivity contribution in [1.82, 2.24) is 4.90 Å². The van der Waals surface area contributed by atoms with Gasteiger partial charge in [-0.15, -0.1) is 0 Å². The summed E-state index contributed by atoms with van der Waals surface area (Å²) < 4.78 is 13.1. The number of nitrogens with two attached hydrogens (primary N) is 1. The summed E-state index contributed by atoms with van der Waals surface area (Å²) in [6.45, 7) is 3.68.